The van der Waals surface area contributed by atoms with Crippen LogP contribution in [0.3, 0.4) is 0 Å². The van der Waals surface area contributed by atoms with E-state index in [4.69, 9.17) is 0 Å². The summed E-state index contributed by atoms with van der Waals surface area (Å²) in [6.07, 6.45) is 0.821. The molecular formula is C13H12N2O5. The van der Waals surface area contributed by atoms with E-state index in [1.54, 1.807) is 0 Å². The average molecular weight is 276 g/mol. The monoisotopic (exact) mass is 276 g/mol. The number of hydrogen-bond donors (Lipinski definition) is 3. The minimum Gasteiger partial charge on any atom is -0.508 e. The van der Waals surface area contributed by atoms with Crippen LogP contribution < -0.4 is 10.6 Å². The zero-order chi connectivity index (χ0) is 14.7. The lowest BCUT2D eigenvalue weighted by Crippen LogP contribution is -2.52. The molecule has 2 rings (SSSR count). The highest BCUT2D eigenvalue weighted by atomic mass is 16.3. The number of hydrogen-bond acceptors (Lipinski definition) is 5. The molecule has 104 valence electrons. The number of aldehydes is 1. The van der Waals surface area contributed by atoms with E-state index in [0.717, 1.165) is 6.07 Å². The molecule has 1 aromatic carbocycles. The fourth-order valence-electron chi connectivity index (χ4n) is 1.91. The fourth-order valence-corrected chi connectivity index (χ4v) is 1.91. The van der Waals surface area contributed by atoms with Crippen molar-refractivity contribution in [3.8, 4) is 5.75 Å². The highest BCUT2D eigenvalue weighted by Crippen LogP contribution is 2.16. The Morgan fingerprint density at radius 2 is 2.15 bits per heavy atom. The Bertz CT molecular complexity index is 596. The molecule has 0 spiro atoms. The van der Waals surface area contributed by atoms with Crippen LogP contribution in [0.5, 0.6) is 5.75 Å². The first kappa shape index (κ1) is 13.7. The van der Waals surface area contributed by atoms with Gasteiger partial charge in [0.15, 0.2) is 6.29 Å². The summed E-state index contributed by atoms with van der Waals surface area (Å²) in [5, 5.41) is 13.9. The van der Waals surface area contributed by atoms with E-state index in [0.29, 0.717) is 6.29 Å². The molecule has 1 saturated heterocycles. The van der Waals surface area contributed by atoms with E-state index in [1.807, 2.05) is 0 Å². The Morgan fingerprint density at radius 1 is 1.40 bits per heavy atom. The van der Waals surface area contributed by atoms with Crippen molar-refractivity contribution in [2.45, 2.75) is 18.9 Å². The number of phenolic OH excluding ortho intramolecular Hbond substituents is 1. The predicted octanol–water partition coefficient (Wildman–Crippen LogP) is -0.260. The van der Waals surface area contributed by atoms with Gasteiger partial charge in [0.1, 0.15) is 11.8 Å². The molecule has 0 bridgehead atoms. The van der Waals surface area contributed by atoms with Crippen LogP contribution in [0.15, 0.2) is 18.2 Å². The Morgan fingerprint density at radius 3 is 2.80 bits per heavy atom. The third-order valence-corrected chi connectivity index (χ3v) is 2.95. The molecule has 3 amide bonds. The molecule has 7 nitrogen and oxygen atoms in total. The molecule has 1 heterocycles. The summed E-state index contributed by atoms with van der Waals surface area (Å²) in [5.74, 6) is -1.78. The predicted molar refractivity (Wildman–Crippen MR) is 67.1 cm³/mol. The highest BCUT2D eigenvalue weighted by molar-refractivity contribution is 6.06. The zero-order valence-electron chi connectivity index (χ0n) is 10.4. The van der Waals surface area contributed by atoms with E-state index >= 15 is 0 Å². The van der Waals surface area contributed by atoms with Gasteiger partial charge in [-0.25, -0.2) is 0 Å². The van der Waals surface area contributed by atoms with Crippen LogP contribution >= 0.6 is 0 Å². The molecule has 1 unspecified atom stereocenters. The first-order valence-electron chi connectivity index (χ1n) is 5.94. The number of benzene rings is 1. The van der Waals surface area contributed by atoms with Gasteiger partial charge in [-0.15, -0.1) is 0 Å². The lowest BCUT2D eigenvalue weighted by molar-refractivity contribution is -0.134. The molecule has 20 heavy (non-hydrogen) atoms. The van der Waals surface area contributed by atoms with Crippen LogP contribution in [-0.2, 0) is 9.59 Å². The number of rotatable bonds is 3. The number of carbonyl (C=O) groups is 4. The zero-order valence-corrected chi connectivity index (χ0v) is 10.4. The summed E-state index contributed by atoms with van der Waals surface area (Å²) in [6, 6.07) is 2.90. The van der Waals surface area contributed by atoms with Gasteiger partial charge in [-0.2, -0.15) is 0 Å². The SMILES string of the molecule is O=Cc1ccc(O)cc1C(=O)NC1CCC(=O)NC1=O. The maximum atomic E-state index is 12.0. The Kier molecular flexibility index (Phi) is 3.79. The molecule has 0 aliphatic carbocycles. The topological polar surface area (TPSA) is 113 Å². The van der Waals surface area contributed by atoms with Crippen molar-refractivity contribution in [1.29, 1.82) is 0 Å². The van der Waals surface area contributed by atoms with Crippen LogP contribution in [0.2, 0.25) is 0 Å². The maximum Gasteiger partial charge on any atom is 0.252 e. The van der Waals surface area contributed by atoms with Gasteiger partial charge in [-0.3, -0.25) is 24.5 Å². The molecule has 1 aliphatic rings. The normalized spacial score (nSPS) is 18.3. The van der Waals surface area contributed by atoms with Crippen molar-refractivity contribution < 1.29 is 24.3 Å². The van der Waals surface area contributed by atoms with E-state index in [2.05, 4.69) is 10.6 Å². The second-order valence-electron chi connectivity index (χ2n) is 4.37. The number of nitrogens with one attached hydrogen (secondary N) is 2. The maximum absolute atomic E-state index is 12.0. The summed E-state index contributed by atoms with van der Waals surface area (Å²) in [4.78, 5) is 45.4. The molecule has 1 fully saturated rings. The lowest BCUT2D eigenvalue weighted by Gasteiger charge is -2.22. The van der Waals surface area contributed by atoms with E-state index in [9.17, 15) is 24.3 Å². The summed E-state index contributed by atoms with van der Waals surface area (Å²) in [6.45, 7) is 0. The van der Waals surface area contributed by atoms with Gasteiger partial charge in [0.25, 0.3) is 5.91 Å². The number of amides is 3. The summed E-state index contributed by atoms with van der Waals surface area (Å²) in [7, 11) is 0. The fraction of sp³-hybridized carbons (Fsp3) is 0.231. The van der Waals surface area contributed by atoms with Gasteiger partial charge in [-0.1, -0.05) is 0 Å². The van der Waals surface area contributed by atoms with Gasteiger partial charge >= 0.3 is 0 Å². The lowest BCUT2D eigenvalue weighted by atomic mass is 10.0. The van der Waals surface area contributed by atoms with Crippen molar-refractivity contribution in [2.75, 3.05) is 0 Å². The molecule has 0 aromatic heterocycles. The quantitative estimate of drug-likeness (QED) is 0.520. The largest absolute Gasteiger partial charge is 0.508 e. The second-order valence-corrected chi connectivity index (χ2v) is 4.37. The first-order chi connectivity index (χ1) is 9.51. The first-order valence-corrected chi connectivity index (χ1v) is 5.94. The van der Waals surface area contributed by atoms with Gasteiger partial charge in [0.2, 0.25) is 11.8 Å². The minimum atomic E-state index is -0.831. The van der Waals surface area contributed by atoms with Crippen molar-refractivity contribution >= 4 is 24.0 Å². The van der Waals surface area contributed by atoms with Gasteiger partial charge in [0.05, 0.1) is 5.56 Å². The minimum absolute atomic E-state index is 0.0234. The second kappa shape index (κ2) is 5.52. The number of carbonyl (C=O) groups excluding carboxylic acids is 4. The van der Waals surface area contributed by atoms with Crippen LogP contribution in [0.1, 0.15) is 33.6 Å². The van der Waals surface area contributed by atoms with E-state index < -0.39 is 17.9 Å². The van der Waals surface area contributed by atoms with E-state index in [1.165, 1.54) is 12.1 Å². The van der Waals surface area contributed by atoms with E-state index in [-0.39, 0.29) is 35.6 Å². The third kappa shape index (κ3) is 2.82. The summed E-state index contributed by atoms with van der Waals surface area (Å²) < 4.78 is 0. The number of piperidine rings is 1. The molecular weight excluding hydrogens is 264 g/mol. The average Bonchev–Trinajstić information content (AvgIpc) is 2.41. The summed E-state index contributed by atoms with van der Waals surface area (Å²) in [5.41, 5.74) is 0.0808. The van der Waals surface area contributed by atoms with Crippen LogP contribution in [-0.4, -0.2) is 35.2 Å². The molecule has 1 aromatic rings. The Balaban J connectivity index is 2.16. The molecule has 7 heteroatoms. The highest BCUT2D eigenvalue weighted by Gasteiger charge is 2.28. The smallest absolute Gasteiger partial charge is 0.252 e. The number of aromatic hydroxyl groups is 1. The van der Waals surface area contributed by atoms with Crippen molar-refractivity contribution in [3.05, 3.63) is 29.3 Å². The van der Waals surface area contributed by atoms with Gasteiger partial charge in [-0.05, 0) is 24.6 Å². The molecule has 3 N–H and O–H groups in total. The molecule has 0 radical (unpaired) electrons. The van der Waals surface area contributed by atoms with Crippen LogP contribution in [0, 0.1) is 0 Å². The van der Waals surface area contributed by atoms with Crippen molar-refractivity contribution in [2.24, 2.45) is 0 Å². The molecule has 1 aliphatic heterocycles. The third-order valence-electron chi connectivity index (χ3n) is 2.95. The van der Waals surface area contributed by atoms with Crippen LogP contribution in [0.4, 0.5) is 0 Å². The van der Waals surface area contributed by atoms with Crippen LogP contribution in [0.25, 0.3) is 0 Å². The Labute approximate surface area is 114 Å². The summed E-state index contributed by atoms with van der Waals surface area (Å²) >= 11 is 0. The van der Waals surface area contributed by atoms with Crippen molar-refractivity contribution in [1.82, 2.24) is 10.6 Å². The molecule has 1 atom stereocenters. The number of imide groups is 1. The molecule has 0 saturated carbocycles. The van der Waals surface area contributed by atoms with Gasteiger partial charge < -0.3 is 10.4 Å². The standard InChI is InChI=1S/C13H12N2O5/c16-6-7-1-2-8(17)5-9(7)12(19)14-10-3-4-11(18)15-13(10)20/h1-2,5-6,10,17H,3-4H2,(H,14,19)(H,15,18,20). The van der Waals surface area contributed by atoms with Crippen molar-refractivity contribution in [3.63, 3.8) is 0 Å². The number of phenols is 1. The Hall–Kier alpha value is -2.70. The van der Waals surface area contributed by atoms with Gasteiger partial charge in [0, 0.05) is 12.0 Å².